The molecule has 0 aliphatic carbocycles. The molecule has 0 amide bonds. The molecule has 1 aromatic carbocycles. The molecule has 3 aliphatic rings. The maximum Gasteiger partial charge on any atom is 0.338 e. The summed E-state index contributed by atoms with van der Waals surface area (Å²) in [4.78, 5) is 20.4. The molecule has 2 saturated heterocycles. The third kappa shape index (κ3) is 4.97. The summed E-state index contributed by atoms with van der Waals surface area (Å²) in [5.74, 6) is 0.156. The third-order valence-electron chi connectivity index (χ3n) is 6.04. The number of esters is 1. The number of ether oxygens (including phenoxy) is 2. The van der Waals surface area contributed by atoms with Crippen LogP contribution in [0.25, 0.3) is 0 Å². The van der Waals surface area contributed by atoms with Gasteiger partial charge in [-0.3, -0.25) is 9.89 Å². The summed E-state index contributed by atoms with van der Waals surface area (Å²) >= 11 is 0. The van der Waals surface area contributed by atoms with Crippen LogP contribution in [0.15, 0.2) is 34.5 Å². The maximum absolute atomic E-state index is 13.8. The lowest BCUT2D eigenvalue weighted by Gasteiger charge is -2.34. The van der Waals surface area contributed by atoms with E-state index in [9.17, 15) is 9.18 Å². The third-order valence-corrected chi connectivity index (χ3v) is 6.04. The van der Waals surface area contributed by atoms with Gasteiger partial charge in [-0.05, 0) is 56.5 Å². The van der Waals surface area contributed by atoms with Gasteiger partial charge in [-0.2, -0.15) is 0 Å². The van der Waals surface area contributed by atoms with Crippen LogP contribution in [0.1, 0.15) is 36.9 Å². The number of hydrogen-bond donors (Lipinski definition) is 2. The van der Waals surface area contributed by atoms with Crippen molar-refractivity contribution in [1.82, 2.24) is 15.5 Å². The average Bonchev–Trinajstić information content (AvgIpc) is 3.29. The number of benzene rings is 1. The van der Waals surface area contributed by atoms with Gasteiger partial charge in [0.15, 0.2) is 0 Å². The summed E-state index contributed by atoms with van der Waals surface area (Å²) in [5, 5.41) is 6.96. The topological polar surface area (TPSA) is 75.2 Å². The van der Waals surface area contributed by atoms with Gasteiger partial charge in [0, 0.05) is 25.3 Å². The van der Waals surface area contributed by atoms with Crippen LogP contribution in [-0.2, 0) is 14.3 Å². The molecule has 168 valence electrons. The van der Waals surface area contributed by atoms with Gasteiger partial charge in [-0.15, -0.1) is 0 Å². The van der Waals surface area contributed by atoms with Crippen molar-refractivity contribution in [1.29, 1.82) is 0 Å². The largest absolute Gasteiger partial charge is 0.463 e. The fraction of sp³-hybridized carbons (Fsp3) is 0.565. The summed E-state index contributed by atoms with van der Waals surface area (Å²) < 4.78 is 24.7. The highest BCUT2D eigenvalue weighted by Crippen LogP contribution is 2.35. The van der Waals surface area contributed by atoms with Crippen molar-refractivity contribution in [3.8, 4) is 0 Å². The Kier molecular flexibility index (Phi) is 6.99. The zero-order chi connectivity index (χ0) is 21.8. The van der Waals surface area contributed by atoms with E-state index in [-0.39, 0.29) is 24.4 Å². The molecule has 8 heteroatoms. The number of amidine groups is 1. The first kappa shape index (κ1) is 21.9. The fourth-order valence-electron chi connectivity index (χ4n) is 4.44. The van der Waals surface area contributed by atoms with Gasteiger partial charge < -0.3 is 20.1 Å². The number of nitrogens with zero attached hydrogens (tertiary/aromatic N) is 2. The average molecular weight is 431 g/mol. The van der Waals surface area contributed by atoms with Gasteiger partial charge in [0.1, 0.15) is 17.7 Å². The minimum atomic E-state index is -0.533. The molecular formula is C23H31FN4O3. The Morgan fingerprint density at radius 3 is 2.84 bits per heavy atom. The van der Waals surface area contributed by atoms with E-state index in [1.807, 2.05) is 6.92 Å². The van der Waals surface area contributed by atoms with Crippen LogP contribution in [0.5, 0.6) is 0 Å². The molecule has 4 rings (SSSR count). The van der Waals surface area contributed by atoms with E-state index in [4.69, 9.17) is 14.5 Å². The van der Waals surface area contributed by atoms with Crippen LogP contribution < -0.4 is 10.6 Å². The molecule has 7 nitrogen and oxygen atoms in total. The van der Waals surface area contributed by atoms with Crippen molar-refractivity contribution in [2.45, 2.75) is 38.8 Å². The van der Waals surface area contributed by atoms with E-state index in [0.29, 0.717) is 25.3 Å². The smallest absolute Gasteiger partial charge is 0.338 e. The van der Waals surface area contributed by atoms with Crippen LogP contribution in [-0.4, -0.2) is 68.7 Å². The van der Waals surface area contributed by atoms with Crippen LogP contribution in [0, 0.1) is 12.7 Å². The van der Waals surface area contributed by atoms with Crippen molar-refractivity contribution in [3.05, 3.63) is 46.4 Å². The summed E-state index contributed by atoms with van der Waals surface area (Å²) in [6.07, 6.45) is 2.07. The predicted molar refractivity (Wildman–Crippen MR) is 116 cm³/mol. The number of carbonyl (C=O) groups is 1. The first-order valence-corrected chi connectivity index (χ1v) is 11.1. The Balaban J connectivity index is 1.77. The highest BCUT2D eigenvalue weighted by Gasteiger charge is 2.35. The molecule has 0 saturated carbocycles. The molecule has 0 radical (unpaired) electrons. The van der Waals surface area contributed by atoms with Crippen molar-refractivity contribution < 1.29 is 18.7 Å². The normalized spacial score (nSPS) is 24.7. The number of rotatable bonds is 6. The van der Waals surface area contributed by atoms with E-state index < -0.39 is 6.04 Å². The Labute approximate surface area is 182 Å². The quantitative estimate of drug-likeness (QED) is 0.673. The van der Waals surface area contributed by atoms with Crippen molar-refractivity contribution in [2.24, 2.45) is 4.99 Å². The number of carbonyl (C=O) groups excluding carboxylic acids is 1. The second-order valence-electron chi connectivity index (χ2n) is 8.19. The van der Waals surface area contributed by atoms with Crippen LogP contribution in [0.2, 0.25) is 0 Å². The molecule has 3 heterocycles. The van der Waals surface area contributed by atoms with Crippen molar-refractivity contribution in [3.63, 3.8) is 0 Å². The minimum Gasteiger partial charge on any atom is -0.463 e. The molecule has 2 N–H and O–H groups in total. The fourth-order valence-corrected chi connectivity index (χ4v) is 4.44. The molecule has 2 fully saturated rings. The van der Waals surface area contributed by atoms with Crippen molar-refractivity contribution >= 4 is 11.8 Å². The van der Waals surface area contributed by atoms with E-state index in [1.54, 1.807) is 13.0 Å². The number of hydrogen-bond acceptors (Lipinski definition) is 7. The standard InChI is InChI=1S/C23H31FN4O3/c1-3-31-23(29)20-19(14-28-9-11-30-12-10-28)26-22(18-5-4-8-25-18)27-21(20)17-7-6-16(24)13-15(17)2/h6-7,13,18,21,25H,3-5,8-12,14H2,1-2H3,(H,26,27). The number of morpholine rings is 1. The molecule has 0 spiro atoms. The van der Waals surface area contributed by atoms with Gasteiger partial charge >= 0.3 is 5.97 Å². The number of aryl methyl sites for hydroxylation is 1. The first-order valence-electron chi connectivity index (χ1n) is 11.1. The molecular weight excluding hydrogens is 399 g/mol. The Morgan fingerprint density at radius 1 is 1.35 bits per heavy atom. The van der Waals surface area contributed by atoms with Gasteiger partial charge in [-0.1, -0.05) is 6.07 Å². The number of aliphatic imine (C=N–C) groups is 1. The Bertz CT molecular complexity index is 874. The van der Waals surface area contributed by atoms with Gasteiger partial charge in [0.05, 0.1) is 31.4 Å². The Hall–Kier alpha value is -2.29. The lowest BCUT2D eigenvalue weighted by molar-refractivity contribution is -0.139. The highest BCUT2D eigenvalue weighted by molar-refractivity contribution is 5.98. The van der Waals surface area contributed by atoms with Gasteiger partial charge in [0.2, 0.25) is 0 Å². The van der Waals surface area contributed by atoms with Crippen LogP contribution in [0.4, 0.5) is 4.39 Å². The van der Waals surface area contributed by atoms with Gasteiger partial charge in [-0.25, -0.2) is 9.18 Å². The molecule has 2 unspecified atom stereocenters. The predicted octanol–water partition coefficient (Wildman–Crippen LogP) is 2.08. The second-order valence-corrected chi connectivity index (χ2v) is 8.19. The second kappa shape index (κ2) is 9.89. The summed E-state index contributed by atoms with van der Waals surface area (Å²) in [5.41, 5.74) is 2.90. The Morgan fingerprint density at radius 2 is 2.16 bits per heavy atom. The molecule has 0 aromatic heterocycles. The maximum atomic E-state index is 13.8. The summed E-state index contributed by atoms with van der Waals surface area (Å²) in [6.45, 7) is 8.41. The lowest BCUT2D eigenvalue weighted by Crippen LogP contribution is -2.48. The highest BCUT2D eigenvalue weighted by atomic mass is 19.1. The first-order chi connectivity index (χ1) is 15.1. The molecule has 1 aromatic rings. The van der Waals surface area contributed by atoms with Crippen LogP contribution in [0.3, 0.4) is 0 Å². The monoisotopic (exact) mass is 430 g/mol. The zero-order valence-electron chi connectivity index (χ0n) is 18.2. The molecule has 2 atom stereocenters. The molecule has 0 bridgehead atoms. The zero-order valence-corrected chi connectivity index (χ0v) is 18.2. The number of halogens is 1. The summed E-state index contributed by atoms with van der Waals surface area (Å²) in [6, 6.07) is 4.24. The van der Waals surface area contributed by atoms with E-state index in [1.165, 1.54) is 12.1 Å². The van der Waals surface area contributed by atoms with Gasteiger partial charge in [0.25, 0.3) is 0 Å². The molecule has 31 heavy (non-hydrogen) atoms. The van der Waals surface area contributed by atoms with E-state index >= 15 is 0 Å². The summed E-state index contributed by atoms with van der Waals surface area (Å²) in [7, 11) is 0. The lowest BCUT2D eigenvalue weighted by atomic mass is 9.91. The molecule has 3 aliphatic heterocycles. The number of nitrogens with one attached hydrogen (secondary N) is 2. The van der Waals surface area contributed by atoms with Crippen LogP contribution >= 0.6 is 0 Å². The van der Waals surface area contributed by atoms with Crippen molar-refractivity contribution in [2.75, 3.05) is 46.0 Å². The minimum absolute atomic E-state index is 0.117. The van der Waals surface area contributed by atoms with E-state index in [0.717, 1.165) is 55.1 Å². The SMILES string of the molecule is CCOC(=O)C1=C(CN2CCOCC2)NC(C2CCCN2)=NC1c1ccc(F)cc1C. The van der Waals surface area contributed by atoms with E-state index in [2.05, 4.69) is 15.5 Å².